The first kappa shape index (κ1) is 19.2. The SMILES string of the molecule is COC(=O)CNC(=O)c1ccc(NC(=O)CCc2cccc(C)c2)cc1. The summed E-state index contributed by atoms with van der Waals surface area (Å²) < 4.78 is 4.46. The van der Waals surface area contributed by atoms with Crippen LogP contribution in [-0.4, -0.2) is 31.4 Å². The largest absolute Gasteiger partial charge is 0.468 e. The third kappa shape index (κ3) is 6.05. The van der Waals surface area contributed by atoms with Gasteiger partial charge in [0.1, 0.15) is 6.54 Å². The normalized spacial score (nSPS) is 10.1. The van der Waals surface area contributed by atoms with E-state index in [0.29, 0.717) is 24.1 Å². The molecular formula is C20H22N2O4. The minimum Gasteiger partial charge on any atom is -0.468 e. The van der Waals surface area contributed by atoms with Crippen LogP contribution in [-0.2, 0) is 20.7 Å². The fraction of sp³-hybridized carbons (Fsp3) is 0.250. The number of anilines is 1. The van der Waals surface area contributed by atoms with Crippen LogP contribution in [0.1, 0.15) is 27.9 Å². The van der Waals surface area contributed by atoms with Crippen LogP contribution >= 0.6 is 0 Å². The third-order valence-corrected chi connectivity index (χ3v) is 3.78. The number of hydrogen-bond donors (Lipinski definition) is 2. The molecule has 2 aromatic rings. The van der Waals surface area contributed by atoms with E-state index in [0.717, 1.165) is 5.56 Å². The molecule has 0 saturated carbocycles. The van der Waals surface area contributed by atoms with Gasteiger partial charge in [-0.2, -0.15) is 0 Å². The summed E-state index contributed by atoms with van der Waals surface area (Å²) in [5, 5.41) is 5.26. The molecule has 26 heavy (non-hydrogen) atoms. The molecule has 6 heteroatoms. The molecule has 0 radical (unpaired) electrons. The number of carbonyl (C=O) groups is 3. The molecule has 0 aliphatic carbocycles. The van der Waals surface area contributed by atoms with E-state index in [-0.39, 0.29) is 18.4 Å². The van der Waals surface area contributed by atoms with Gasteiger partial charge in [-0.1, -0.05) is 29.8 Å². The number of aryl methyl sites for hydroxylation is 2. The predicted molar refractivity (Wildman–Crippen MR) is 98.9 cm³/mol. The van der Waals surface area contributed by atoms with Gasteiger partial charge >= 0.3 is 5.97 Å². The van der Waals surface area contributed by atoms with Crippen LogP contribution in [0.2, 0.25) is 0 Å². The second-order valence-corrected chi connectivity index (χ2v) is 5.87. The fourth-order valence-corrected chi connectivity index (χ4v) is 2.38. The van der Waals surface area contributed by atoms with Crippen molar-refractivity contribution in [2.75, 3.05) is 19.0 Å². The van der Waals surface area contributed by atoms with Crippen molar-refractivity contribution in [2.24, 2.45) is 0 Å². The van der Waals surface area contributed by atoms with Crippen LogP contribution in [0.5, 0.6) is 0 Å². The molecule has 0 aliphatic heterocycles. The molecule has 0 spiro atoms. The lowest BCUT2D eigenvalue weighted by molar-refractivity contribution is -0.139. The molecule has 2 amide bonds. The van der Waals surface area contributed by atoms with Crippen LogP contribution in [0.3, 0.4) is 0 Å². The summed E-state index contributed by atoms with van der Waals surface area (Å²) >= 11 is 0. The van der Waals surface area contributed by atoms with Crippen molar-refractivity contribution in [2.45, 2.75) is 19.8 Å². The van der Waals surface area contributed by atoms with Crippen LogP contribution in [0.15, 0.2) is 48.5 Å². The van der Waals surface area contributed by atoms with Crippen LogP contribution in [0.25, 0.3) is 0 Å². The number of methoxy groups -OCH3 is 1. The van der Waals surface area contributed by atoms with Crippen molar-refractivity contribution in [3.63, 3.8) is 0 Å². The lowest BCUT2D eigenvalue weighted by Crippen LogP contribution is -2.30. The van der Waals surface area contributed by atoms with E-state index in [2.05, 4.69) is 21.4 Å². The number of benzene rings is 2. The van der Waals surface area contributed by atoms with Gasteiger partial charge in [0.15, 0.2) is 0 Å². The third-order valence-electron chi connectivity index (χ3n) is 3.78. The van der Waals surface area contributed by atoms with E-state index < -0.39 is 5.97 Å². The summed E-state index contributed by atoms with van der Waals surface area (Å²) in [6.07, 6.45) is 1.05. The van der Waals surface area contributed by atoms with Crippen LogP contribution < -0.4 is 10.6 Å². The minimum absolute atomic E-state index is 0.0885. The summed E-state index contributed by atoms with van der Waals surface area (Å²) in [6.45, 7) is 1.83. The number of rotatable bonds is 7. The number of esters is 1. The molecule has 0 atom stereocenters. The Morgan fingerprint density at radius 2 is 1.77 bits per heavy atom. The Kier molecular flexibility index (Phi) is 6.91. The van der Waals surface area contributed by atoms with E-state index in [4.69, 9.17) is 0 Å². The second kappa shape index (κ2) is 9.36. The molecule has 2 N–H and O–H groups in total. The van der Waals surface area contributed by atoms with Gasteiger partial charge in [0.2, 0.25) is 5.91 Å². The van der Waals surface area contributed by atoms with E-state index in [1.54, 1.807) is 24.3 Å². The van der Waals surface area contributed by atoms with Crippen molar-refractivity contribution >= 4 is 23.5 Å². The van der Waals surface area contributed by atoms with Gasteiger partial charge in [0.05, 0.1) is 7.11 Å². The maximum absolute atomic E-state index is 12.1. The molecule has 0 heterocycles. The molecule has 2 aromatic carbocycles. The lowest BCUT2D eigenvalue weighted by Gasteiger charge is -2.07. The van der Waals surface area contributed by atoms with E-state index in [1.807, 2.05) is 25.1 Å². The first-order valence-corrected chi connectivity index (χ1v) is 8.28. The number of amides is 2. The molecule has 0 unspecified atom stereocenters. The average molecular weight is 354 g/mol. The summed E-state index contributed by atoms with van der Waals surface area (Å²) in [5.74, 6) is -0.988. The van der Waals surface area contributed by atoms with Crippen molar-refractivity contribution in [3.8, 4) is 0 Å². The summed E-state index contributed by atoms with van der Waals surface area (Å²) in [7, 11) is 1.25. The maximum Gasteiger partial charge on any atom is 0.325 e. The van der Waals surface area contributed by atoms with Gasteiger partial charge in [-0.15, -0.1) is 0 Å². The van der Waals surface area contributed by atoms with Gasteiger partial charge < -0.3 is 15.4 Å². The number of ether oxygens (including phenoxy) is 1. The Balaban J connectivity index is 1.83. The first-order chi connectivity index (χ1) is 12.5. The molecular weight excluding hydrogens is 332 g/mol. The molecule has 0 fully saturated rings. The highest BCUT2D eigenvalue weighted by atomic mass is 16.5. The summed E-state index contributed by atoms with van der Waals surface area (Å²) in [5.41, 5.74) is 3.30. The van der Waals surface area contributed by atoms with Crippen LogP contribution in [0.4, 0.5) is 5.69 Å². The Morgan fingerprint density at radius 3 is 2.42 bits per heavy atom. The predicted octanol–water partition coefficient (Wildman–Crippen LogP) is 2.47. The zero-order valence-electron chi connectivity index (χ0n) is 14.9. The Labute approximate surface area is 152 Å². The second-order valence-electron chi connectivity index (χ2n) is 5.87. The lowest BCUT2D eigenvalue weighted by atomic mass is 10.1. The van der Waals surface area contributed by atoms with Gasteiger partial charge in [-0.05, 0) is 43.2 Å². The van der Waals surface area contributed by atoms with Crippen molar-refractivity contribution in [1.29, 1.82) is 0 Å². The Bertz CT molecular complexity index is 785. The molecule has 0 bridgehead atoms. The Morgan fingerprint density at radius 1 is 1.04 bits per heavy atom. The standard InChI is InChI=1S/C20H22N2O4/c1-14-4-3-5-15(12-14)6-11-18(23)22-17-9-7-16(8-10-17)20(25)21-13-19(24)26-2/h3-5,7-10,12H,6,11,13H2,1-2H3,(H,21,25)(H,22,23). The van der Waals surface area contributed by atoms with Crippen LogP contribution in [0, 0.1) is 6.92 Å². The van der Waals surface area contributed by atoms with Gasteiger partial charge in [0.25, 0.3) is 5.91 Å². The number of hydrogen-bond acceptors (Lipinski definition) is 4. The van der Waals surface area contributed by atoms with Gasteiger partial charge in [0, 0.05) is 17.7 Å². The summed E-state index contributed by atoms with van der Waals surface area (Å²) in [4.78, 5) is 35.0. The van der Waals surface area contributed by atoms with Crippen molar-refractivity contribution in [1.82, 2.24) is 5.32 Å². The van der Waals surface area contributed by atoms with Crippen molar-refractivity contribution < 1.29 is 19.1 Å². The average Bonchev–Trinajstić information content (AvgIpc) is 2.65. The summed E-state index contributed by atoms with van der Waals surface area (Å²) in [6, 6.07) is 14.5. The fourth-order valence-electron chi connectivity index (χ4n) is 2.38. The van der Waals surface area contributed by atoms with E-state index >= 15 is 0 Å². The highest BCUT2D eigenvalue weighted by Gasteiger charge is 2.09. The number of carbonyl (C=O) groups excluding carboxylic acids is 3. The minimum atomic E-state index is -0.518. The first-order valence-electron chi connectivity index (χ1n) is 8.28. The van der Waals surface area contributed by atoms with Crippen molar-refractivity contribution in [3.05, 3.63) is 65.2 Å². The molecule has 0 aliphatic rings. The quantitative estimate of drug-likeness (QED) is 0.748. The highest BCUT2D eigenvalue weighted by molar-refractivity contribution is 5.97. The molecule has 6 nitrogen and oxygen atoms in total. The zero-order valence-corrected chi connectivity index (χ0v) is 14.9. The highest BCUT2D eigenvalue weighted by Crippen LogP contribution is 2.11. The zero-order chi connectivity index (χ0) is 18.9. The molecule has 2 rings (SSSR count). The number of nitrogens with one attached hydrogen (secondary N) is 2. The monoisotopic (exact) mass is 354 g/mol. The molecule has 0 aromatic heterocycles. The Hall–Kier alpha value is -3.15. The topological polar surface area (TPSA) is 84.5 Å². The van der Waals surface area contributed by atoms with E-state index in [1.165, 1.54) is 12.7 Å². The van der Waals surface area contributed by atoms with E-state index in [9.17, 15) is 14.4 Å². The smallest absolute Gasteiger partial charge is 0.325 e. The van der Waals surface area contributed by atoms with Gasteiger partial charge in [-0.3, -0.25) is 14.4 Å². The molecule has 0 saturated heterocycles. The van der Waals surface area contributed by atoms with Gasteiger partial charge in [-0.25, -0.2) is 0 Å². The maximum atomic E-state index is 12.1. The molecule has 136 valence electrons.